The van der Waals surface area contributed by atoms with Crippen LogP contribution in [0.15, 0.2) is 42.7 Å². The second-order valence-corrected chi connectivity index (χ2v) is 4.10. The first kappa shape index (κ1) is 13.7. The Hall–Kier alpha value is -2.76. The minimum absolute atomic E-state index is 0.109. The summed E-state index contributed by atoms with van der Waals surface area (Å²) in [6.45, 7) is 0. The highest BCUT2D eigenvalue weighted by Crippen LogP contribution is 2.25. The molecule has 20 heavy (non-hydrogen) atoms. The number of nitrogens with zero attached hydrogens (tertiary/aromatic N) is 2. The van der Waals surface area contributed by atoms with Crippen LogP contribution in [0, 0.1) is 10.1 Å². The molecule has 0 aliphatic heterocycles. The lowest BCUT2D eigenvalue weighted by atomic mass is 10.0. The van der Waals surface area contributed by atoms with Crippen molar-refractivity contribution in [3.63, 3.8) is 0 Å². The number of hydrogen-bond acceptors (Lipinski definition) is 5. The second kappa shape index (κ2) is 5.92. The SMILES string of the molecule is COc1cc([N+](=O)[O-])ccc1C(=O)Cc1ccncc1. The lowest BCUT2D eigenvalue weighted by Crippen LogP contribution is -2.06. The maximum Gasteiger partial charge on any atom is 0.273 e. The van der Waals surface area contributed by atoms with Gasteiger partial charge in [-0.3, -0.25) is 19.9 Å². The average Bonchev–Trinajstić information content (AvgIpc) is 2.47. The summed E-state index contributed by atoms with van der Waals surface area (Å²) in [5.41, 5.74) is 1.04. The fourth-order valence-electron chi connectivity index (χ4n) is 1.81. The third-order valence-corrected chi connectivity index (χ3v) is 2.81. The van der Waals surface area contributed by atoms with Gasteiger partial charge in [-0.1, -0.05) is 0 Å². The first-order valence-corrected chi connectivity index (χ1v) is 5.86. The van der Waals surface area contributed by atoms with Gasteiger partial charge in [0.1, 0.15) is 5.75 Å². The summed E-state index contributed by atoms with van der Waals surface area (Å²) in [7, 11) is 1.38. The molecule has 102 valence electrons. The molecule has 0 amide bonds. The van der Waals surface area contributed by atoms with Crippen molar-refractivity contribution in [2.75, 3.05) is 7.11 Å². The Kier molecular flexibility index (Phi) is 4.05. The quantitative estimate of drug-likeness (QED) is 0.474. The number of nitro benzene ring substituents is 1. The van der Waals surface area contributed by atoms with Gasteiger partial charge in [0.25, 0.3) is 5.69 Å². The number of hydrogen-bond donors (Lipinski definition) is 0. The van der Waals surface area contributed by atoms with Gasteiger partial charge in [0.2, 0.25) is 0 Å². The van der Waals surface area contributed by atoms with Crippen LogP contribution in [0.3, 0.4) is 0 Å². The predicted octanol–water partition coefficient (Wildman–Crippen LogP) is 2.42. The number of ether oxygens (including phenoxy) is 1. The van der Waals surface area contributed by atoms with Gasteiger partial charge in [-0.2, -0.15) is 0 Å². The Labute approximate surface area is 115 Å². The third-order valence-electron chi connectivity index (χ3n) is 2.81. The van der Waals surface area contributed by atoms with Crippen molar-refractivity contribution >= 4 is 11.5 Å². The monoisotopic (exact) mass is 272 g/mol. The van der Waals surface area contributed by atoms with Crippen molar-refractivity contribution in [1.82, 2.24) is 4.98 Å². The van der Waals surface area contributed by atoms with Gasteiger partial charge < -0.3 is 4.74 Å². The van der Waals surface area contributed by atoms with Crippen molar-refractivity contribution in [2.24, 2.45) is 0 Å². The molecule has 2 rings (SSSR count). The van der Waals surface area contributed by atoms with E-state index in [1.807, 2.05) is 0 Å². The molecule has 0 saturated carbocycles. The number of aromatic nitrogens is 1. The zero-order valence-corrected chi connectivity index (χ0v) is 10.8. The van der Waals surface area contributed by atoms with Crippen LogP contribution < -0.4 is 4.74 Å². The van der Waals surface area contributed by atoms with Crippen molar-refractivity contribution in [2.45, 2.75) is 6.42 Å². The minimum atomic E-state index is -0.528. The van der Waals surface area contributed by atoms with E-state index < -0.39 is 4.92 Å². The molecule has 0 bridgehead atoms. The summed E-state index contributed by atoms with van der Waals surface area (Å²) in [4.78, 5) is 26.3. The molecule has 2 aromatic rings. The molecule has 0 aliphatic rings. The lowest BCUT2D eigenvalue weighted by Gasteiger charge is -2.07. The molecule has 0 spiro atoms. The maximum atomic E-state index is 12.2. The van der Waals surface area contributed by atoms with E-state index in [-0.39, 0.29) is 23.6 Å². The summed E-state index contributed by atoms with van der Waals surface area (Å²) in [5, 5.41) is 10.7. The summed E-state index contributed by atoms with van der Waals surface area (Å²) in [6.07, 6.45) is 3.40. The number of pyridine rings is 1. The lowest BCUT2D eigenvalue weighted by molar-refractivity contribution is -0.384. The normalized spacial score (nSPS) is 10.1. The molecule has 0 saturated heterocycles. The van der Waals surface area contributed by atoms with E-state index in [9.17, 15) is 14.9 Å². The summed E-state index contributed by atoms with van der Waals surface area (Å²) in [5.74, 6) is 0.0428. The van der Waals surface area contributed by atoms with E-state index in [2.05, 4.69) is 4.98 Å². The first-order chi connectivity index (χ1) is 9.61. The molecule has 0 N–H and O–H groups in total. The third kappa shape index (κ3) is 2.97. The Morgan fingerprint density at radius 2 is 2.00 bits per heavy atom. The van der Waals surface area contributed by atoms with Crippen molar-refractivity contribution in [1.29, 1.82) is 0 Å². The van der Waals surface area contributed by atoms with Gasteiger partial charge >= 0.3 is 0 Å². The highest BCUT2D eigenvalue weighted by molar-refractivity contribution is 6.00. The first-order valence-electron chi connectivity index (χ1n) is 5.86. The number of carbonyl (C=O) groups excluding carboxylic acids is 1. The summed E-state index contributed by atoms with van der Waals surface area (Å²) >= 11 is 0. The second-order valence-electron chi connectivity index (χ2n) is 4.10. The van der Waals surface area contributed by atoms with Gasteiger partial charge in [0.15, 0.2) is 5.78 Å². The van der Waals surface area contributed by atoms with Crippen molar-refractivity contribution in [3.8, 4) is 5.75 Å². The highest BCUT2D eigenvalue weighted by Gasteiger charge is 2.16. The Bertz CT molecular complexity index is 641. The number of ketones is 1. The molecule has 6 nitrogen and oxygen atoms in total. The zero-order chi connectivity index (χ0) is 14.5. The smallest absolute Gasteiger partial charge is 0.273 e. The van der Waals surface area contributed by atoms with Gasteiger partial charge in [0, 0.05) is 24.9 Å². The molecule has 0 unspecified atom stereocenters. The summed E-state index contributed by atoms with van der Waals surface area (Å²) < 4.78 is 5.06. The molecule has 1 heterocycles. The Morgan fingerprint density at radius 1 is 1.30 bits per heavy atom. The summed E-state index contributed by atoms with van der Waals surface area (Å²) in [6, 6.07) is 7.45. The van der Waals surface area contributed by atoms with Crippen LogP contribution in [-0.4, -0.2) is 22.8 Å². The number of carbonyl (C=O) groups is 1. The number of methoxy groups -OCH3 is 1. The number of nitro groups is 1. The Balaban J connectivity index is 2.28. The van der Waals surface area contributed by atoms with E-state index in [0.717, 1.165) is 5.56 Å². The number of rotatable bonds is 5. The average molecular weight is 272 g/mol. The van der Waals surface area contributed by atoms with Gasteiger partial charge in [0.05, 0.1) is 23.7 Å². The molecule has 0 radical (unpaired) electrons. The van der Waals surface area contributed by atoms with Crippen LogP contribution in [0.1, 0.15) is 15.9 Å². The van der Waals surface area contributed by atoms with Crippen LogP contribution in [-0.2, 0) is 6.42 Å². The van der Waals surface area contributed by atoms with E-state index in [4.69, 9.17) is 4.74 Å². The van der Waals surface area contributed by atoms with Gasteiger partial charge in [-0.15, -0.1) is 0 Å². The predicted molar refractivity (Wildman–Crippen MR) is 71.9 cm³/mol. The van der Waals surface area contributed by atoms with Crippen LogP contribution in [0.5, 0.6) is 5.75 Å². The zero-order valence-electron chi connectivity index (χ0n) is 10.8. The van der Waals surface area contributed by atoms with E-state index in [0.29, 0.717) is 5.56 Å². The Morgan fingerprint density at radius 3 is 2.60 bits per heavy atom. The topological polar surface area (TPSA) is 82.3 Å². The highest BCUT2D eigenvalue weighted by atomic mass is 16.6. The fraction of sp³-hybridized carbons (Fsp3) is 0.143. The van der Waals surface area contributed by atoms with Crippen LogP contribution in [0.25, 0.3) is 0 Å². The minimum Gasteiger partial charge on any atom is -0.496 e. The molecule has 0 atom stereocenters. The van der Waals surface area contributed by atoms with Crippen LogP contribution >= 0.6 is 0 Å². The van der Waals surface area contributed by atoms with E-state index in [1.54, 1.807) is 24.5 Å². The number of benzene rings is 1. The van der Waals surface area contributed by atoms with Crippen molar-refractivity contribution < 1.29 is 14.5 Å². The molecule has 6 heteroatoms. The van der Waals surface area contributed by atoms with E-state index in [1.165, 1.54) is 25.3 Å². The number of Topliss-reactive ketones (excluding diaryl/α,β-unsaturated/α-hetero) is 1. The fourth-order valence-corrected chi connectivity index (χ4v) is 1.81. The van der Waals surface area contributed by atoms with Gasteiger partial charge in [-0.05, 0) is 23.8 Å². The van der Waals surface area contributed by atoms with Crippen LogP contribution in [0.2, 0.25) is 0 Å². The molecular formula is C14H12N2O4. The van der Waals surface area contributed by atoms with E-state index >= 15 is 0 Å². The molecule has 1 aromatic carbocycles. The van der Waals surface area contributed by atoms with Crippen molar-refractivity contribution in [3.05, 3.63) is 64.0 Å². The standard InChI is InChI=1S/C14H12N2O4/c1-20-14-9-11(16(18)19)2-3-12(14)13(17)8-10-4-6-15-7-5-10/h2-7,9H,8H2,1H3. The molecule has 1 aromatic heterocycles. The molecular weight excluding hydrogens is 260 g/mol. The maximum absolute atomic E-state index is 12.2. The van der Waals surface area contributed by atoms with Gasteiger partial charge in [-0.25, -0.2) is 0 Å². The number of non-ortho nitro benzene ring substituents is 1. The molecule has 0 aliphatic carbocycles. The van der Waals surface area contributed by atoms with Crippen LogP contribution in [0.4, 0.5) is 5.69 Å². The molecule has 0 fully saturated rings. The largest absolute Gasteiger partial charge is 0.496 e.